The molecule has 4 aliphatic carbocycles. The van der Waals surface area contributed by atoms with Crippen molar-refractivity contribution in [3.8, 4) is 0 Å². The lowest BCUT2D eigenvalue weighted by molar-refractivity contribution is -0.265. The molecular formula is C80H111NO23. The minimum atomic E-state index is -2.50. The summed E-state index contributed by atoms with van der Waals surface area (Å²) in [6.45, 7) is 17.6. The molecule has 2 saturated carbocycles. The van der Waals surface area contributed by atoms with Crippen LogP contribution in [0.15, 0.2) is 69.4 Å². The molecule has 1 aromatic heterocycles. The molecule has 1 aromatic rings. The zero-order valence-corrected chi connectivity index (χ0v) is 63.2. The molecule has 1 amide bonds. The van der Waals surface area contributed by atoms with Crippen molar-refractivity contribution in [2.75, 3.05) is 41.6 Å². The van der Waals surface area contributed by atoms with E-state index in [1.165, 1.54) is 34.5 Å². The number of rotatable bonds is 16. The molecular weight excluding hydrogens is 1340 g/mol. The summed E-state index contributed by atoms with van der Waals surface area (Å²) in [4.78, 5) is 142. The fraction of sp³-hybridized carbons (Fsp3) is 0.700. The minimum absolute atomic E-state index is 0.00603. The molecule has 574 valence electrons. The third kappa shape index (κ3) is 17.4. The average molecular weight is 1450 g/mol. The molecule has 2 unspecified atom stereocenters. The Balaban J connectivity index is 0.842. The standard InChI is InChI=1S/C80H111NO23/c1-43-22-16-15-17-23-44(2)58(95-12)38-52-29-27-49(7)80(93,104-52)74(89)75(90)81-33-21-20-24-55(81)77(92)101-59(39-56(83)45(3)35-48(6)70(87)73(97-14)69(86)47(5)34-43)46(4)36-51-28-31-57(60(37-51)96-13)100-64(84)25-18-19-26-65(85)102-62-32-30-54-66-68(61(99-50(8)82)40-78(54,62)9)79(10)63(42-94-11)103-76(91)53-41-98-72(67(53)79)71(66)88/h15-17,22-23,35,41,43,45-47,49,51-52,54-55,57-63,70,73,87,93H,18-21,24-34,36-40,42H2,1-14H3/b17-15+,22-16+,44-23+,48-35+/t43-,45-,46?,47-,49-,51+,52+,54?,55+,57-,58+,59+,60-,61-,62+,63-,70-,73+,78+,79+,80-/m1/s1. The number of hydrogen-bond acceptors (Lipinski definition) is 23. The highest BCUT2D eigenvalue weighted by molar-refractivity contribution is 6.39. The van der Waals surface area contributed by atoms with Crippen LogP contribution < -0.4 is 0 Å². The van der Waals surface area contributed by atoms with Crippen LogP contribution in [0.4, 0.5) is 0 Å². The first kappa shape index (κ1) is 81.3. The van der Waals surface area contributed by atoms with Crippen molar-refractivity contribution in [2.24, 2.45) is 46.8 Å². The number of hydrogen-bond donors (Lipinski definition) is 2. The van der Waals surface area contributed by atoms with Crippen molar-refractivity contribution in [3.05, 3.63) is 81.9 Å². The number of fused-ring (bicyclic) bond motifs is 6. The molecule has 9 rings (SSSR count). The Bertz CT molecular complexity index is 3520. The van der Waals surface area contributed by atoms with Crippen molar-refractivity contribution in [1.82, 2.24) is 4.90 Å². The summed E-state index contributed by atoms with van der Waals surface area (Å²) in [5.41, 5.74) is 0.644. The lowest BCUT2D eigenvalue weighted by atomic mass is 9.54. The van der Waals surface area contributed by atoms with Gasteiger partial charge in [0.1, 0.15) is 66.4 Å². The summed E-state index contributed by atoms with van der Waals surface area (Å²) in [5.74, 6) is -11.9. The van der Waals surface area contributed by atoms with E-state index in [2.05, 4.69) is 0 Å². The molecule has 2 N–H and O–H groups in total. The van der Waals surface area contributed by atoms with E-state index in [0.717, 1.165) is 10.5 Å². The molecule has 24 heteroatoms. The lowest BCUT2D eigenvalue weighted by Gasteiger charge is -2.52. The second kappa shape index (κ2) is 34.8. The van der Waals surface area contributed by atoms with Gasteiger partial charge in [-0.25, -0.2) is 9.59 Å². The van der Waals surface area contributed by atoms with Gasteiger partial charge in [-0.1, -0.05) is 78.0 Å². The van der Waals surface area contributed by atoms with Gasteiger partial charge in [0.15, 0.2) is 11.5 Å². The number of carbonyl (C=O) groups is 10. The zero-order chi connectivity index (χ0) is 75.9. The monoisotopic (exact) mass is 1450 g/mol. The number of esters is 5. The number of ether oxygens (including phenoxy) is 10. The Labute approximate surface area is 611 Å². The Morgan fingerprint density at radius 2 is 1.49 bits per heavy atom. The predicted molar refractivity (Wildman–Crippen MR) is 377 cm³/mol. The highest BCUT2D eigenvalue weighted by atomic mass is 16.6. The maximum Gasteiger partial charge on any atom is 0.342 e. The van der Waals surface area contributed by atoms with Gasteiger partial charge in [-0.3, -0.25) is 38.4 Å². The molecule has 24 nitrogen and oxygen atoms in total. The number of piperidine rings is 1. The van der Waals surface area contributed by atoms with Crippen LogP contribution in [0.3, 0.4) is 0 Å². The Kier molecular flexibility index (Phi) is 27.2. The average Bonchev–Trinajstić information content (AvgIpc) is 1.40. The van der Waals surface area contributed by atoms with Crippen molar-refractivity contribution >= 4 is 58.9 Å². The number of methoxy groups -OCH3 is 4. The number of furan rings is 1. The Morgan fingerprint density at radius 3 is 2.17 bits per heavy atom. The van der Waals surface area contributed by atoms with Crippen LogP contribution in [-0.2, 0) is 91.1 Å². The quantitative estimate of drug-likeness (QED) is 0.0511. The number of unbranched alkanes of at least 4 members (excludes halogenated alkanes) is 1. The van der Waals surface area contributed by atoms with Gasteiger partial charge >= 0.3 is 29.8 Å². The number of aliphatic hydroxyl groups is 2. The van der Waals surface area contributed by atoms with Crippen molar-refractivity contribution < 1.29 is 110 Å². The Morgan fingerprint density at radius 1 is 0.769 bits per heavy atom. The zero-order valence-electron chi connectivity index (χ0n) is 63.2. The van der Waals surface area contributed by atoms with E-state index >= 15 is 0 Å². The smallest absolute Gasteiger partial charge is 0.342 e. The number of allylic oxidation sites excluding steroid dienone is 7. The van der Waals surface area contributed by atoms with Crippen LogP contribution >= 0.6 is 0 Å². The molecule has 0 spiro atoms. The van der Waals surface area contributed by atoms with Gasteiger partial charge in [0, 0.05) is 102 Å². The Hall–Kier alpha value is -6.80. The molecule has 4 fully saturated rings. The van der Waals surface area contributed by atoms with Crippen molar-refractivity contribution in [1.29, 1.82) is 0 Å². The van der Waals surface area contributed by atoms with Gasteiger partial charge in [0.2, 0.25) is 11.6 Å². The van der Waals surface area contributed by atoms with E-state index in [1.807, 2.05) is 65.0 Å². The number of Topliss-reactive ketones (excluding diaryl/α,β-unsaturated/α-hetero) is 4. The topological polar surface area (TPSA) is 320 Å². The molecule has 4 aliphatic heterocycles. The molecule has 0 radical (unpaired) electrons. The van der Waals surface area contributed by atoms with E-state index in [1.54, 1.807) is 40.9 Å². The maximum absolute atomic E-state index is 14.8. The van der Waals surface area contributed by atoms with E-state index < -0.39 is 161 Å². The van der Waals surface area contributed by atoms with Crippen LogP contribution in [0, 0.1) is 46.8 Å². The third-order valence-electron chi connectivity index (χ3n) is 23.9. The van der Waals surface area contributed by atoms with Crippen molar-refractivity contribution in [3.63, 3.8) is 0 Å². The lowest BCUT2D eigenvalue weighted by Crippen LogP contribution is -2.61. The van der Waals surface area contributed by atoms with Gasteiger partial charge in [-0.15, -0.1) is 0 Å². The van der Waals surface area contributed by atoms with Gasteiger partial charge < -0.3 is 66.9 Å². The number of nitrogens with zero attached hydrogens (tertiary/aromatic N) is 1. The normalized spacial score (nSPS) is 37.6. The first-order valence-electron chi connectivity index (χ1n) is 37.5. The number of amides is 1. The second-order valence-corrected chi connectivity index (χ2v) is 31.2. The summed E-state index contributed by atoms with van der Waals surface area (Å²) in [6, 6.07) is -1.23. The first-order chi connectivity index (χ1) is 49.3. The van der Waals surface area contributed by atoms with Crippen molar-refractivity contribution in [2.45, 2.75) is 270 Å². The highest BCUT2D eigenvalue weighted by Crippen LogP contribution is 2.63. The van der Waals surface area contributed by atoms with E-state index in [-0.39, 0.29) is 86.4 Å². The van der Waals surface area contributed by atoms with Crippen LogP contribution in [0.2, 0.25) is 0 Å². The fourth-order valence-corrected chi connectivity index (χ4v) is 17.9. The van der Waals surface area contributed by atoms with Gasteiger partial charge in [0.25, 0.3) is 11.7 Å². The SMILES string of the molecule is COC[C@H]1OC(=O)c2coc3c2[C@@]1(C)C1=C(C3=O)C2CC[C@H](OC(=O)CCCCC(=O)O[C@@H]3CC[C@@H](CC(C)[C@@H]4CC(=O)[C@H](C)/C=C(\C)[C@@H](O)[C@@H](OC)C(=O)[C@H](C)C[C@H](C)/C=C/C=C/C=C(\C)[C@@H](OC)C[C@@H]5CC[C@@H](C)[C@@](O)(O5)C(=O)C(=O)N5CCCC[C@H]5C(=O)O4)C[C@H]3OC)[C@@]2(C)C[C@H]1OC(C)=O. The molecule has 2 saturated heterocycles. The van der Waals surface area contributed by atoms with Crippen LogP contribution in [-0.4, -0.2) is 188 Å². The van der Waals surface area contributed by atoms with Crippen LogP contribution in [0.1, 0.15) is 218 Å². The molecule has 104 heavy (non-hydrogen) atoms. The van der Waals surface area contributed by atoms with Crippen LogP contribution in [0.5, 0.6) is 0 Å². The maximum atomic E-state index is 14.8. The molecule has 2 bridgehead atoms. The van der Waals surface area contributed by atoms with Gasteiger partial charge in [0.05, 0.1) is 30.3 Å². The van der Waals surface area contributed by atoms with E-state index in [9.17, 15) is 58.2 Å². The summed E-state index contributed by atoms with van der Waals surface area (Å²) in [6.07, 6.45) is 9.99. The predicted octanol–water partition coefficient (Wildman–Crippen LogP) is 10.2. The largest absolute Gasteiger partial charge is 0.462 e. The molecule has 21 atom stereocenters. The van der Waals surface area contributed by atoms with E-state index in [0.29, 0.717) is 106 Å². The summed E-state index contributed by atoms with van der Waals surface area (Å²) >= 11 is 0. The minimum Gasteiger partial charge on any atom is -0.462 e. The number of carbonyl (C=O) groups excluding carboxylic acids is 10. The molecule has 8 aliphatic rings. The van der Waals surface area contributed by atoms with Gasteiger partial charge in [-0.05, 0) is 157 Å². The fourth-order valence-electron chi connectivity index (χ4n) is 17.9. The molecule has 5 heterocycles. The third-order valence-corrected chi connectivity index (χ3v) is 23.9. The number of ketones is 4. The van der Waals surface area contributed by atoms with Gasteiger partial charge in [-0.2, -0.15) is 0 Å². The second-order valence-electron chi connectivity index (χ2n) is 31.2. The van der Waals surface area contributed by atoms with E-state index in [4.69, 9.17) is 51.8 Å². The first-order valence-corrected chi connectivity index (χ1v) is 37.5. The molecule has 0 aromatic carbocycles. The summed E-state index contributed by atoms with van der Waals surface area (Å²) < 4.78 is 65.8. The van der Waals surface area contributed by atoms with Crippen LogP contribution in [0.25, 0.3) is 0 Å². The number of aliphatic hydroxyl groups excluding tert-OH is 1. The number of cyclic esters (lactones) is 2. The summed E-state index contributed by atoms with van der Waals surface area (Å²) in [7, 11) is 5.94. The summed E-state index contributed by atoms with van der Waals surface area (Å²) in [5, 5.41) is 23.8. The highest BCUT2D eigenvalue weighted by Gasteiger charge is 2.65.